The topological polar surface area (TPSA) is 92.3 Å². The molecule has 3 N–H and O–H groups in total. The van der Waals surface area contributed by atoms with E-state index < -0.39 is 17.1 Å². The van der Waals surface area contributed by atoms with Crippen molar-refractivity contribution in [2.75, 3.05) is 18.4 Å². The van der Waals surface area contributed by atoms with Crippen LogP contribution < -0.4 is 16.0 Å². The fourth-order valence-electron chi connectivity index (χ4n) is 4.40. The number of carbonyl (C=O) groups is 2. The Morgan fingerprint density at radius 2 is 1.78 bits per heavy atom. The van der Waals surface area contributed by atoms with Crippen LogP contribution in [0.25, 0.3) is 11.3 Å². The predicted molar refractivity (Wildman–Crippen MR) is 171 cm³/mol. The number of allylic oxidation sites excluding steroid dienone is 1. The lowest BCUT2D eigenvalue weighted by molar-refractivity contribution is 0.0517. The highest BCUT2D eigenvalue weighted by atomic mass is 32.1. The van der Waals surface area contributed by atoms with E-state index in [-0.39, 0.29) is 5.91 Å². The van der Waals surface area contributed by atoms with Gasteiger partial charge in [0.1, 0.15) is 5.60 Å². The lowest BCUT2D eigenvalue weighted by Gasteiger charge is -2.27. The molecule has 0 aliphatic heterocycles. The van der Waals surface area contributed by atoms with Gasteiger partial charge in [0, 0.05) is 39.9 Å². The summed E-state index contributed by atoms with van der Waals surface area (Å²) >= 11 is 5.94. The Hall–Kier alpha value is -3.30. The summed E-state index contributed by atoms with van der Waals surface area (Å²) in [4.78, 5) is 30.2. The van der Waals surface area contributed by atoms with Crippen molar-refractivity contribution in [3.05, 3.63) is 81.9 Å². The predicted octanol–water partition coefficient (Wildman–Crippen LogP) is 7.32. The number of benzene rings is 2. The first kappa shape index (κ1) is 30.7. The van der Waals surface area contributed by atoms with E-state index in [1.807, 2.05) is 70.3 Å². The summed E-state index contributed by atoms with van der Waals surface area (Å²) in [7, 11) is 0. The van der Waals surface area contributed by atoms with Crippen molar-refractivity contribution in [3.8, 4) is 11.3 Å². The van der Waals surface area contributed by atoms with Crippen molar-refractivity contribution in [2.24, 2.45) is 0 Å². The largest absolute Gasteiger partial charge is 0.444 e. The normalized spacial score (nSPS) is 13.3. The molecular formula is C32H40N4O3S2. The summed E-state index contributed by atoms with van der Waals surface area (Å²) in [5.74, 6) is 0.535. The number of anilines is 1. The van der Waals surface area contributed by atoms with E-state index in [2.05, 4.69) is 46.8 Å². The average Bonchev–Trinajstić information content (AvgIpc) is 3.37. The zero-order valence-corrected chi connectivity index (χ0v) is 26.2. The third-order valence-corrected chi connectivity index (χ3v) is 8.08. The smallest absolute Gasteiger partial charge is 0.407 e. The van der Waals surface area contributed by atoms with Gasteiger partial charge >= 0.3 is 6.09 Å². The number of alkyl carbamates (subject to hydrolysis) is 1. The number of nitrogens with one attached hydrogen (secondary N) is 3. The van der Waals surface area contributed by atoms with E-state index in [1.165, 1.54) is 5.57 Å². The molecule has 4 rings (SSSR count). The number of thiazole rings is 1. The van der Waals surface area contributed by atoms with Gasteiger partial charge in [0.05, 0.1) is 12.2 Å². The molecule has 7 nitrogen and oxygen atoms in total. The third kappa shape index (κ3) is 8.60. The zero-order valence-electron chi connectivity index (χ0n) is 24.5. The lowest BCUT2D eigenvalue weighted by atomic mass is 9.84. The highest BCUT2D eigenvalue weighted by Crippen LogP contribution is 2.32. The van der Waals surface area contributed by atoms with Gasteiger partial charge < -0.3 is 20.7 Å². The first-order valence-corrected chi connectivity index (χ1v) is 15.4. The van der Waals surface area contributed by atoms with Crippen LogP contribution in [0.1, 0.15) is 75.4 Å². The fraction of sp³-hybridized carbons (Fsp3) is 0.406. The van der Waals surface area contributed by atoms with Crippen LogP contribution in [0.2, 0.25) is 0 Å². The van der Waals surface area contributed by atoms with Gasteiger partial charge in [-0.15, -0.1) is 11.3 Å². The van der Waals surface area contributed by atoms with Gasteiger partial charge in [-0.25, -0.2) is 9.78 Å². The molecule has 0 spiro atoms. The maximum absolute atomic E-state index is 13.2. The van der Waals surface area contributed by atoms with Crippen LogP contribution in [0.4, 0.5) is 9.93 Å². The van der Waals surface area contributed by atoms with Crippen molar-refractivity contribution < 1.29 is 14.3 Å². The number of ether oxygens (including phenoxy) is 1. The summed E-state index contributed by atoms with van der Waals surface area (Å²) in [6, 6.07) is 15.8. The molecule has 9 heteroatoms. The molecule has 3 aromatic rings. The van der Waals surface area contributed by atoms with Gasteiger partial charge in [0.2, 0.25) is 0 Å². The molecule has 2 amide bonds. The van der Waals surface area contributed by atoms with Crippen molar-refractivity contribution >= 4 is 41.1 Å². The molecule has 1 aromatic heterocycles. The van der Waals surface area contributed by atoms with Crippen LogP contribution >= 0.6 is 24.0 Å². The Morgan fingerprint density at radius 1 is 1.02 bits per heavy atom. The second-order valence-electron chi connectivity index (χ2n) is 12.0. The SMILES string of the molecule is CC(C)(C)OC(=O)NCC(C)(C)c1cccc(C(=O)NCC(Nc2nc(-c3cccc(CS)c3)cs2)=C2CCC2)c1. The highest BCUT2D eigenvalue weighted by molar-refractivity contribution is 7.79. The maximum Gasteiger partial charge on any atom is 0.407 e. The molecule has 1 heterocycles. The van der Waals surface area contributed by atoms with Crippen molar-refractivity contribution in [2.45, 2.75) is 70.7 Å². The first-order chi connectivity index (χ1) is 19.4. The summed E-state index contributed by atoms with van der Waals surface area (Å²) < 4.78 is 5.36. The molecule has 1 aliphatic carbocycles. The summed E-state index contributed by atoms with van der Waals surface area (Å²) in [5.41, 5.74) is 6.03. The monoisotopic (exact) mass is 592 g/mol. The standard InChI is InChI=1S/C32H40N4O3S2/c1-31(2,3)39-30(38)34-20-32(4,5)25-14-8-13-24(16-25)28(37)33-17-26(22-10-7-11-22)35-29-36-27(19-41-29)23-12-6-9-21(15-23)18-40/h6,8-9,12-16,19,40H,7,10-11,17-18,20H2,1-5H3,(H,33,37)(H,34,38)(H,35,36). The highest BCUT2D eigenvalue weighted by Gasteiger charge is 2.25. The molecule has 0 bridgehead atoms. The van der Waals surface area contributed by atoms with Crippen LogP contribution in [0.5, 0.6) is 0 Å². The number of thiol groups is 1. The van der Waals surface area contributed by atoms with Crippen LogP contribution in [0.15, 0.2) is 65.2 Å². The van der Waals surface area contributed by atoms with Crippen LogP contribution in [0, 0.1) is 0 Å². The number of carbonyl (C=O) groups excluding carboxylic acids is 2. The van der Waals surface area contributed by atoms with Gasteiger partial charge in [-0.05, 0) is 74.9 Å². The van der Waals surface area contributed by atoms with E-state index in [4.69, 9.17) is 9.72 Å². The van der Waals surface area contributed by atoms with Gasteiger partial charge in [0.15, 0.2) is 5.13 Å². The molecule has 0 saturated heterocycles. The third-order valence-electron chi connectivity index (χ3n) is 6.96. The van der Waals surface area contributed by atoms with Gasteiger partial charge in [0.25, 0.3) is 5.91 Å². The molecule has 1 saturated carbocycles. The molecule has 41 heavy (non-hydrogen) atoms. The Kier molecular flexibility index (Phi) is 9.81. The summed E-state index contributed by atoms with van der Waals surface area (Å²) in [5, 5.41) is 12.3. The number of rotatable bonds is 10. The minimum Gasteiger partial charge on any atom is -0.444 e. The van der Waals surface area contributed by atoms with Gasteiger partial charge in [-0.3, -0.25) is 4.79 Å². The minimum atomic E-state index is -0.561. The number of aromatic nitrogens is 1. The van der Waals surface area contributed by atoms with E-state index in [1.54, 1.807) is 11.3 Å². The first-order valence-electron chi connectivity index (χ1n) is 13.9. The Labute approximate surface area is 252 Å². The van der Waals surface area contributed by atoms with Crippen molar-refractivity contribution in [1.82, 2.24) is 15.6 Å². The molecule has 1 fully saturated rings. The maximum atomic E-state index is 13.2. The van der Waals surface area contributed by atoms with Crippen LogP contribution in [-0.4, -0.2) is 35.7 Å². The molecular weight excluding hydrogens is 553 g/mol. The Balaban J connectivity index is 1.39. The second kappa shape index (κ2) is 13.1. The van der Waals surface area contributed by atoms with Gasteiger partial charge in [-0.1, -0.05) is 44.2 Å². The number of nitrogens with zero attached hydrogens (tertiary/aromatic N) is 1. The Morgan fingerprint density at radius 3 is 2.46 bits per heavy atom. The fourth-order valence-corrected chi connectivity index (χ4v) is 5.34. The molecule has 2 aromatic carbocycles. The van der Waals surface area contributed by atoms with E-state index >= 15 is 0 Å². The van der Waals surface area contributed by atoms with E-state index in [0.29, 0.717) is 24.4 Å². The zero-order chi connectivity index (χ0) is 29.6. The number of hydrogen-bond acceptors (Lipinski definition) is 7. The van der Waals surface area contributed by atoms with Crippen molar-refractivity contribution in [1.29, 1.82) is 0 Å². The summed E-state index contributed by atoms with van der Waals surface area (Å²) in [6.07, 6.45) is 2.74. The molecule has 1 aliphatic rings. The van der Waals surface area contributed by atoms with E-state index in [9.17, 15) is 9.59 Å². The summed E-state index contributed by atoms with van der Waals surface area (Å²) in [6.45, 7) is 10.3. The Bertz CT molecular complexity index is 1420. The second-order valence-corrected chi connectivity index (χ2v) is 13.1. The quantitative estimate of drug-likeness (QED) is 0.185. The average molecular weight is 593 g/mol. The van der Waals surface area contributed by atoms with Crippen LogP contribution in [-0.2, 0) is 15.9 Å². The number of amides is 2. The molecule has 0 radical (unpaired) electrons. The lowest BCUT2D eigenvalue weighted by Crippen LogP contribution is -2.40. The minimum absolute atomic E-state index is 0.148. The van der Waals surface area contributed by atoms with Crippen LogP contribution in [0.3, 0.4) is 0 Å². The van der Waals surface area contributed by atoms with Crippen molar-refractivity contribution in [3.63, 3.8) is 0 Å². The van der Waals surface area contributed by atoms with E-state index in [0.717, 1.165) is 52.5 Å². The number of hydrogen-bond donors (Lipinski definition) is 4. The van der Waals surface area contributed by atoms with Gasteiger partial charge in [-0.2, -0.15) is 12.6 Å². The molecule has 0 unspecified atom stereocenters. The molecule has 0 atom stereocenters. The molecule has 218 valence electrons.